The first kappa shape index (κ1) is 43.7. The monoisotopic (exact) mass is 671 g/mol. The predicted octanol–water partition coefficient (Wildman–Crippen LogP) is 7.08. The van der Waals surface area contributed by atoms with E-state index in [1.165, 1.54) is 83.5 Å². The van der Waals surface area contributed by atoms with Gasteiger partial charge in [0.05, 0.1) is 19.8 Å². The first-order valence-electron chi connectivity index (χ1n) is 18.9. The van der Waals surface area contributed by atoms with Crippen LogP contribution >= 0.6 is 0 Å². The van der Waals surface area contributed by atoms with Gasteiger partial charge in [0.1, 0.15) is 30.5 Å². The van der Waals surface area contributed by atoms with Crippen LogP contribution in [0.4, 0.5) is 0 Å². The summed E-state index contributed by atoms with van der Waals surface area (Å²) >= 11 is 0. The van der Waals surface area contributed by atoms with Crippen LogP contribution in [0.5, 0.6) is 0 Å². The molecule has 276 valence electrons. The molecule has 1 aliphatic heterocycles. The molecule has 6 atom stereocenters. The molecule has 1 fully saturated rings. The number of unbranched alkanes of at least 4 members (excludes halogenated alkanes) is 16. The minimum Gasteiger partial charge on any atom is -0.457 e. The van der Waals surface area contributed by atoms with Gasteiger partial charge in [-0.15, -0.1) is 0 Å². The molecule has 0 saturated carbocycles. The molecule has 4 N–H and O–H groups in total. The number of hydrogen-bond acceptors (Lipinski definition) is 9. The van der Waals surface area contributed by atoms with Crippen LogP contribution in [0.25, 0.3) is 0 Å². The summed E-state index contributed by atoms with van der Waals surface area (Å²) < 4.78 is 22.6. The minimum atomic E-state index is -1.53. The quantitative estimate of drug-likeness (QED) is 0.0347. The fourth-order valence-electron chi connectivity index (χ4n) is 5.58. The molecule has 6 unspecified atom stereocenters. The fourth-order valence-corrected chi connectivity index (χ4v) is 5.58. The van der Waals surface area contributed by atoms with E-state index >= 15 is 0 Å². The Balaban J connectivity index is 2.29. The summed E-state index contributed by atoms with van der Waals surface area (Å²) in [6, 6.07) is 0. The highest BCUT2D eigenvalue weighted by Crippen LogP contribution is 2.22. The Hall–Kier alpha value is -1.33. The van der Waals surface area contributed by atoms with Gasteiger partial charge in [-0.1, -0.05) is 122 Å². The van der Waals surface area contributed by atoms with Crippen LogP contribution < -0.4 is 0 Å². The summed E-state index contributed by atoms with van der Waals surface area (Å²) in [5.41, 5.74) is 0. The number of esters is 1. The van der Waals surface area contributed by atoms with Crippen molar-refractivity contribution in [3.63, 3.8) is 0 Å². The lowest BCUT2D eigenvalue weighted by atomic mass is 9.99. The summed E-state index contributed by atoms with van der Waals surface area (Å²) in [5.74, 6) is -0.325. The molecule has 0 aromatic rings. The van der Waals surface area contributed by atoms with Gasteiger partial charge in [0.2, 0.25) is 0 Å². The molecule has 1 rings (SSSR count). The number of allylic oxidation sites excluding steroid dienone is 4. The summed E-state index contributed by atoms with van der Waals surface area (Å²) in [4.78, 5) is 12.7. The third-order valence-electron chi connectivity index (χ3n) is 8.62. The number of carbonyl (C=O) groups is 1. The zero-order chi connectivity index (χ0) is 34.4. The van der Waals surface area contributed by atoms with Crippen LogP contribution in [0.2, 0.25) is 0 Å². The average molecular weight is 671 g/mol. The molecule has 0 aliphatic carbocycles. The van der Waals surface area contributed by atoms with Crippen LogP contribution in [-0.4, -0.2) is 89.6 Å². The molecule has 1 heterocycles. The number of carbonyl (C=O) groups excluding carboxylic acids is 1. The van der Waals surface area contributed by atoms with Crippen molar-refractivity contribution in [2.45, 2.75) is 185 Å². The molecule has 1 aliphatic rings. The molecule has 1 saturated heterocycles. The second-order valence-corrected chi connectivity index (χ2v) is 13.0. The van der Waals surface area contributed by atoms with E-state index in [1.807, 2.05) is 0 Å². The number of aliphatic hydroxyl groups excluding tert-OH is 4. The third-order valence-corrected chi connectivity index (χ3v) is 8.62. The molecule has 0 radical (unpaired) electrons. The lowest BCUT2D eigenvalue weighted by Crippen LogP contribution is -2.59. The summed E-state index contributed by atoms with van der Waals surface area (Å²) in [6.07, 6.45) is 25.0. The van der Waals surface area contributed by atoms with E-state index in [1.54, 1.807) is 0 Å². The largest absolute Gasteiger partial charge is 0.457 e. The molecule has 9 heteroatoms. The highest BCUT2D eigenvalue weighted by molar-refractivity contribution is 5.69. The average Bonchev–Trinajstić information content (AvgIpc) is 3.07. The standard InChI is InChI=1S/C38H70O9/c1-3-5-7-9-11-12-13-14-15-16-17-18-19-20-21-23-25-27-34(40)46-32(30-44-28-26-24-22-10-8-6-4-2)31-45-38-37(43)36(42)35(41)33(29-39)47-38/h11-12,14-15,32-33,35-39,41-43H,3-10,13,16-31H2,1-2H3/b12-11-,15-14-. The van der Waals surface area contributed by atoms with Crippen LogP contribution in [-0.2, 0) is 23.7 Å². The number of hydrogen-bond donors (Lipinski definition) is 4. The maximum absolute atomic E-state index is 12.7. The number of ether oxygens (including phenoxy) is 4. The van der Waals surface area contributed by atoms with Crippen LogP contribution in [0.15, 0.2) is 24.3 Å². The number of aliphatic hydroxyl groups is 4. The van der Waals surface area contributed by atoms with Crippen molar-refractivity contribution in [1.82, 2.24) is 0 Å². The Labute approximate surface area is 286 Å². The molecule has 0 bridgehead atoms. The Morgan fingerprint density at radius 3 is 1.87 bits per heavy atom. The Kier molecular flexibility index (Phi) is 28.5. The maximum Gasteiger partial charge on any atom is 0.306 e. The summed E-state index contributed by atoms with van der Waals surface area (Å²) in [5, 5.41) is 39.8. The zero-order valence-electron chi connectivity index (χ0n) is 29.8. The van der Waals surface area contributed by atoms with Crippen LogP contribution in [0, 0.1) is 0 Å². The van der Waals surface area contributed by atoms with Gasteiger partial charge in [-0.2, -0.15) is 0 Å². The van der Waals surface area contributed by atoms with E-state index in [0.717, 1.165) is 44.9 Å². The van der Waals surface area contributed by atoms with Gasteiger partial charge < -0.3 is 39.4 Å². The summed E-state index contributed by atoms with van der Waals surface area (Å²) in [7, 11) is 0. The third kappa shape index (κ3) is 22.8. The Bertz CT molecular complexity index is 772. The van der Waals surface area contributed by atoms with Crippen molar-refractivity contribution in [2.24, 2.45) is 0 Å². The highest BCUT2D eigenvalue weighted by Gasteiger charge is 2.44. The second-order valence-electron chi connectivity index (χ2n) is 13.0. The van der Waals surface area contributed by atoms with Gasteiger partial charge in [-0.05, 0) is 44.9 Å². The van der Waals surface area contributed by atoms with Crippen molar-refractivity contribution in [1.29, 1.82) is 0 Å². The van der Waals surface area contributed by atoms with Crippen molar-refractivity contribution in [3.8, 4) is 0 Å². The van der Waals surface area contributed by atoms with Crippen molar-refractivity contribution >= 4 is 5.97 Å². The number of rotatable bonds is 31. The molecule has 0 amide bonds. The van der Waals surface area contributed by atoms with E-state index < -0.39 is 43.4 Å². The smallest absolute Gasteiger partial charge is 0.306 e. The topological polar surface area (TPSA) is 135 Å². The van der Waals surface area contributed by atoms with Gasteiger partial charge in [0, 0.05) is 13.0 Å². The SMILES string of the molecule is CCCCC/C=C\C/C=C\CCCCCCCCCC(=O)OC(COCCCCCCCCC)COC1OC(CO)C(O)C(O)C1O. The van der Waals surface area contributed by atoms with E-state index in [2.05, 4.69) is 38.2 Å². The van der Waals surface area contributed by atoms with Crippen molar-refractivity contribution < 1.29 is 44.2 Å². The van der Waals surface area contributed by atoms with E-state index in [9.17, 15) is 25.2 Å². The molecule has 9 nitrogen and oxygen atoms in total. The Morgan fingerprint density at radius 2 is 1.23 bits per heavy atom. The van der Waals surface area contributed by atoms with E-state index in [0.29, 0.717) is 13.0 Å². The molecular formula is C38H70O9. The predicted molar refractivity (Wildman–Crippen MR) is 187 cm³/mol. The lowest BCUT2D eigenvalue weighted by molar-refractivity contribution is -0.305. The van der Waals surface area contributed by atoms with Gasteiger partial charge in [-0.3, -0.25) is 4.79 Å². The Morgan fingerprint density at radius 1 is 0.681 bits per heavy atom. The molecular weight excluding hydrogens is 600 g/mol. The summed E-state index contributed by atoms with van der Waals surface area (Å²) in [6.45, 7) is 4.48. The molecule has 0 aromatic heterocycles. The fraction of sp³-hybridized carbons (Fsp3) is 0.868. The molecule has 0 spiro atoms. The molecule has 0 aromatic carbocycles. The molecule has 47 heavy (non-hydrogen) atoms. The minimum absolute atomic E-state index is 0.115. The van der Waals surface area contributed by atoms with Gasteiger partial charge in [-0.25, -0.2) is 0 Å². The second kappa shape index (κ2) is 30.7. The van der Waals surface area contributed by atoms with E-state index in [-0.39, 0.29) is 19.2 Å². The lowest BCUT2D eigenvalue weighted by Gasteiger charge is -2.39. The van der Waals surface area contributed by atoms with Crippen molar-refractivity contribution in [2.75, 3.05) is 26.4 Å². The zero-order valence-corrected chi connectivity index (χ0v) is 29.8. The maximum atomic E-state index is 12.7. The van der Waals surface area contributed by atoms with E-state index in [4.69, 9.17) is 18.9 Å². The van der Waals surface area contributed by atoms with Crippen molar-refractivity contribution in [3.05, 3.63) is 24.3 Å². The highest BCUT2D eigenvalue weighted by atomic mass is 16.7. The van der Waals surface area contributed by atoms with Gasteiger partial charge >= 0.3 is 5.97 Å². The van der Waals surface area contributed by atoms with Crippen LogP contribution in [0.1, 0.15) is 149 Å². The van der Waals surface area contributed by atoms with Gasteiger partial charge in [0.15, 0.2) is 6.29 Å². The van der Waals surface area contributed by atoms with Crippen LogP contribution in [0.3, 0.4) is 0 Å². The van der Waals surface area contributed by atoms with Gasteiger partial charge in [0.25, 0.3) is 0 Å². The normalized spacial score (nSPS) is 22.4. The first-order valence-corrected chi connectivity index (χ1v) is 18.9. The first-order chi connectivity index (χ1) is 22.9.